The predicted octanol–water partition coefficient (Wildman–Crippen LogP) is 5.87. The minimum absolute atomic E-state index is 0.622. The molecule has 0 aliphatic heterocycles. The average Bonchev–Trinajstić information content (AvgIpc) is 2.90. The monoisotopic (exact) mass is 265 g/mol. The summed E-state index contributed by atoms with van der Waals surface area (Å²) in [6, 6.07) is 0. The zero-order valence-electron chi connectivity index (χ0n) is 13.1. The van der Waals surface area contributed by atoms with E-state index < -0.39 is 0 Å². The molecule has 1 aromatic heterocycles. The van der Waals surface area contributed by atoms with Gasteiger partial charge >= 0.3 is 0 Å². The smallest absolute Gasteiger partial charge is 0.127 e. The van der Waals surface area contributed by atoms with Crippen molar-refractivity contribution in [3.05, 3.63) is 17.5 Å². The lowest BCUT2D eigenvalue weighted by molar-refractivity contribution is 0.393. The number of nitrogens with zero attached hydrogens (tertiary/aromatic N) is 1. The van der Waals surface area contributed by atoms with Crippen LogP contribution >= 0.6 is 0 Å². The molecule has 1 unspecified atom stereocenters. The zero-order chi connectivity index (χ0) is 13.9. The number of unbranched alkanes of at least 4 members (excludes halogenated alkanes) is 5. The van der Waals surface area contributed by atoms with Gasteiger partial charge in [-0.1, -0.05) is 70.9 Å². The Morgan fingerprint density at radius 2 is 1.58 bits per heavy atom. The van der Waals surface area contributed by atoms with Crippen molar-refractivity contribution in [1.29, 1.82) is 0 Å². The second kappa shape index (κ2) is 10.1. The maximum absolute atomic E-state index is 5.20. The van der Waals surface area contributed by atoms with E-state index in [1.165, 1.54) is 69.0 Å². The molecule has 0 N–H and O–H groups in total. The van der Waals surface area contributed by atoms with E-state index in [0.717, 1.165) is 6.42 Å². The Morgan fingerprint density at radius 1 is 0.947 bits per heavy atom. The minimum Gasteiger partial charge on any atom is -0.364 e. The Labute approximate surface area is 119 Å². The van der Waals surface area contributed by atoms with Gasteiger partial charge in [0.25, 0.3) is 0 Å². The highest BCUT2D eigenvalue weighted by Gasteiger charge is 2.18. The molecule has 0 aliphatic rings. The van der Waals surface area contributed by atoms with E-state index in [2.05, 4.69) is 25.9 Å². The fourth-order valence-corrected chi connectivity index (χ4v) is 2.74. The van der Waals surface area contributed by atoms with Crippen molar-refractivity contribution >= 4 is 0 Å². The highest BCUT2D eigenvalue weighted by Crippen LogP contribution is 2.30. The number of hydrogen-bond donors (Lipinski definition) is 0. The van der Waals surface area contributed by atoms with Crippen molar-refractivity contribution < 1.29 is 4.52 Å². The van der Waals surface area contributed by atoms with E-state index in [0.29, 0.717) is 5.92 Å². The van der Waals surface area contributed by atoms with Crippen molar-refractivity contribution in [1.82, 2.24) is 5.16 Å². The van der Waals surface area contributed by atoms with E-state index >= 15 is 0 Å². The first-order valence-corrected chi connectivity index (χ1v) is 8.26. The summed E-state index contributed by atoms with van der Waals surface area (Å²) in [4.78, 5) is 0. The molecule has 0 aromatic carbocycles. The van der Waals surface area contributed by atoms with Crippen molar-refractivity contribution in [2.75, 3.05) is 0 Å². The molecular formula is C17H31NO. The first-order valence-electron chi connectivity index (χ1n) is 8.26. The zero-order valence-corrected chi connectivity index (χ0v) is 13.1. The highest BCUT2D eigenvalue weighted by atomic mass is 16.5. The molecule has 0 amide bonds. The van der Waals surface area contributed by atoms with Crippen LogP contribution in [0.2, 0.25) is 0 Å². The van der Waals surface area contributed by atoms with Gasteiger partial charge in [0, 0.05) is 11.5 Å². The molecule has 0 radical (unpaired) electrons. The summed E-state index contributed by atoms with van der Waals surface area (Å²) < 4.78 is 5.20. The van der Waals surface area contributed by atoms with Gasteiger partial charge < -0.3 is 4.52 Å². The van der Waals surface area contributed by atoms with Crippen LogP contribution in [0.15, 0.2) is 10.8 Å². The third kappa shape index (κ3) is 5.80. The SMILES string of the molecule is CCCCCCC(CCCCC)c1nocc1CC. The predicted molar refractivity (Wildman–Crippen MR) is 81.5 cm³/mol. The molecule has 1 rings (SSSR count). The normalized spacial score (nSPS) is 12.8. The maximum Gasteiger partial charge on any atom is 0.127 e. The maximum atomic E-state index is 5.20. The summed E-state index contributed by atoms with van der Waals surface area (Å²) in [6.07, 6.45) is 14.8. The molecule has 0 bridgehead atoms. The van der Waals surface area contributed by atoms with Crippen LogP contribution in [0.5, 0.6) is 0 Å². The summed E-state index contributed by atoms with van der Waals surface area (Å²) in [5, 5.41) is 4.29. The molecule has 0 fully saturated rings. The lowest BCUT2D eigenvalue weighted by Gasteiger charge is -2.15. The second-order valence-electron chi connectivity index (χ2n) is 5.62. The summed E-state index contributed by atoms with van der Waals surface area (Å²) >= 11 is 0. The molecule has 0 aliphatic carbocycles. The molecule has 1 atom stereocenters. The van der Waals surface area contributed by atoms with Crippen molar-refractivity contribution in [2.45, 2.75) is 90.9 Å². The molecule has 1 heterocycles. The van der Waals surface area contributed by atoms with Crippen LogP contribution < -0.4 is 0 Å². The molecular weight excluding hydrogens is 234 g/mol. The van der Waals surface area contributed by atoms with Gasteiger partial charge in [0.15, 0.2) is 0 Å². The molecule has 2 nitrogen and oxygen atoms in total. The van der Waals surface area contributed by atoms with Crippen LogP contribution in [-0.2, 0) is 6.42 Å². The summed E-state index contributed by atoms with van der Waals surface area (Å²) in [6.45, 7) is 6.73. The van der Waals surface area contributed by atoms with Gasteiger partial charge in [-0.2, -0.15) is 0 Å². The lowest BCUT2D eigenvalue weighted by Crippen LogP contribution is -2.03. The largest absolute Gasteiger partial charge is 0.364 e. The molecule has 19 heavy (non-hydrogen) atoms. The van der Waals surface area contributed by atoms with Gasteiger partial charge in [0.1, 0.15) is 6.26 Å². The first-order chi connectivity index (χ1) is 9.33. The van der Waals surface area contributed by atoms with E-state index in [4.69, 9.17) is 4.52 Å². The second-order valence-corrected chi connectivity index (χ2v) is 5.62. The fourth-order valence-electron chi connectivity index (χ4n) is 2.74. The molecule has 0 saturated heterocycles. The third-order valence-electron chi connectivity index (χ3n) is 4.00. The van der Waals surface area contributed by atoms with Gasteiger partial charge in [-0.05, 0) is 19.3 Å². The van der Waals surface area contributed by atoms with Crippen LogP contribution in [0, 0.1) is 0 Å². The molecule has 1 aromatic rings. The Hall–Kier alpha value is -0.790. The van der Waals surface area contributed by atoms with Crippen molar-refractivity contribution in [2.24, 2.45) is 0 Å². The van der Waals surface area contributed by atoms with Gasteiger partial charge in [-0.3, -0.25) is 0 Å². The molecule has 2 heteroatoms. The van der Waals surface area contributed by atoms with E-state index in [-0.39, 0.29) is 0 Å². The Balaban J connectivity index is 2.52. The molecule has 110 valence electrons. The quantitative estimate of drug-likeness (QED) is 0.467. The van der Waals surface area contributed by atoms with Crippen LogP contribution in [0.25, 0.3) is 0 Å². The van der Waals surface area contributed by atoms with Crippen LogP contribution in [0.3, 0.4) is 0 Å². The van der Waals surface area contributed by atoms with Gasteiger partial charge in [-0.25, -0.2) is 0 Å². The van der Waals surface area contributed by atoms with E-state index in [1.807, 2.05) is 6.26 Å². The van der Waals surface area contributed by atoms with Gasteiger partial charge in [-0.15, -0.1) is 0 Å². The molecule has 0 spiro atoms. The highest BCUT2D eigenvalue weighted by molar-refractivity contribution is 5.18. The summed E-state index contributed by atoms with van der Waals surface area (Å²) in [7, 11) is 0. The Morgan fingerprint density at radius 3 is 2.21 bits per heavy atom. The van der Waals surface area contributed by atoms with E-state index in [1.54, 1.807) is 0 Å². The van der Waals surface area contributed by atoms with Crippen LogP contribution in [0.1, 0.15) is 95.7 Å². The van der Waals surface area contributed by atoms with Crippen LogP contribution in [0.4, 0.5) is 0 Å². The number of aryl methyl sites for hydroxylation is 1. The minimum atomic E-state index is 0.622. The summed E-state index contributed by atoms with van der Waals surface area (Å²) in [5.74, 6) is 0.622. The van der Waals surface area contributed by atoms with Crippen molar-refractivity contribution in [3.8, 4) is 0 Å². The number of aromatic nitrogens is 1. The Bertz CT molecular complexity index is 319. The van der Waals surface area contributed by atoms with Crippen molar-refractivity contribution in [3.63, 3.8) is 0 Å². The van der Waals surface area contributed by atoms with E-state index in [9.17, 15) is 0 Å². The fraction of sp³-hybridized carbons (Fsp3) is 0.824. The summed E-state index contributed by atoms with van der Waals surface area (Å²) in [5.41, 5.74) is 2.56. The molecule has 0 saturated carbocycles. The average molecular weight is 265 g/mol. The number of hydrogen-bond acceptors (Lipinski definition) is 2. The number of rotatable bonds is 11. The van der Waals surface area contributed by atoms with Gasteiger partial charge in [0.05, 0.1) is 5.69 Å². The first kappa shape index (κ1) is 16.3. The lowest BCUT2D eigenvalue weighted by atomic mass is 9.89. The van der Waals surface area contributed by atoms with Crippen LogP contribution in [-0.4, -0.2) is 5.16 Å². The Kier molecular flexibility index (Phi) is 8.61. The third-order valence-corrected chi connectivity index (χ3v) is 4.00. The van der Waals surface area contributed by atoms with Gasteiger partial charge in [0.2, 0.25) is 0 Å². The topological polar surface area (TPSA) is 26.0 Å². The standard InChI is InChI=1S/C17H31NO/c1-4-7-9-11-13-16(12-10-8-5-2)17-15(6-3)14-19-18-17/h14,16H,4-13H2,1-3H3.